The Morgan fingerprint density at radius 3 is 2.15 bits per heavy atom. The predicted molar refractivity (Wildman–Crippen MR) is 200 cm³/mol. The van der Waals surface area contributed by atoms with Gasteiger partial charge in [0.15, 0.2) is 5.82 Å². The maximum Gasteiger partial charge on any atom is 0.160 e. The molecule has 0 aliphatic heterocycles. The number of hydrogen-bond donors (Lipinski definition) is 0. The van der Waals surface area contributed by atoms with Crippen LogP contribution in [0.4, 0.5) is 0 Å². The van der Waals surface area contributed by atoms with Crippen molar-refractivity contribution in [3.63, 3.8) is 0 Å². The molecule has 0 bridgehead atoms. The quantitative estimate of drug-likeness (QED) is 0.162. The van der Waals surface area contributed by atoms with Crippen molar-refractivity contribution in [2.75, 3.05) is 0 Å². The van der Waals surface area contributed by atoms with Crippen LogP contribution < -0.4 is 0 Å². The Bertz CT molecular complexity index is 2190. The van der Waals surface area contributed by atoms with Crippen LogP contribution in [0.1, 0.15) is 36.2 Å². The van der Waals surface area contributed by atoms with Crippen LogP contribution in [-0.2, 0) is 0 Å². The molecule has 1 aliphatic carbocycles. The van der Waals surface area contributed by atoms with Gasteiger partial charge in [0.25, 0.3) is 0 Å². The summed E-state index contributed by atoms with van der Waals surface area (Å²) in [6.45, 7) is 6.07. The molecule has 5 aromatic carbocycles. The molecule has 1 aliphatic rings. The Morgan fingerprint density at radius 2 is 1.38 bits per heavy atom. The van der Waals surface area contributed by atoms with Gasteiger partial charge in [0.2, 0.25) is 0 Å². The topological polar surface area (TPSA) is 25.8 Å². The summed E-state index contributed by atoms with van der Waals surface area (Å²) in [6.07, 6.45) is 15.7. The number of benzene rings is 5. The standard InChI is InChI=1S/C45H36N2/c1-3-5-14-32(4-2)37-19-11-21-39(29-37)43-31-44(40-22-12-20-38(30-40)33-15-7-6-8-16-33)47-45(46-43)36-27-25-35(26-28-36)42-24-13-18-34-17-9-10-23-41(34)42/h3-25,27-31,35H,2,26H2,1H3/b5-3-,32-14+. The first-order chi connectivity index (χ1) is 23.2. The molecule has 47 heavy (non-hydrogen) atoms. The highest BCUT2D eigenvalue weighted by Gasteiger charge is 2.18. The third-order valence-corrected chi connectivity index (χ3v) is 8.75. The van der Waals surface area contributed by atoms with Crippen molar-refractivity contribution in [2.45, 2.75) is 19.3 Å². The minimum atomic E-state index is 0.299. The van der Waals surface area contributed by atoms with Gasteiger partial charge in [-0.05, 0) is 70.1 Å². The van der Waals surface area contributed by atoms with Gasteiger partial charge in [0, 0.05) is 22.6 Å². The Morgan fingerprint density at radius 1 is 0.702 bits per heavy atom. The zero-order valence-corrected chi connectivity index (χ0v) is 26.6. The van der Waals surface area contributed by atoms with Gasteiger partial charge < -0.3 is 0 Å². The fraction of sp³-hybridized carbons (Fsp3) is 0.0667. The predicted octanol–water partition coefficient (Wildman–Crippen LogP) is 11.9. The molecule has 1 unspecified atom stereocenters. The zero-order valence-electron chi connectivity index (χ0n) is 26.6. The van der Waals surface area contributed by atoms with E-state index in [-0.39, 0.29) is 0 Å². The number of rotatable bonds is 8. The SMILES string of the molecule is C=C/C(=C\C=C/C)c1cccc(-c2cc(-c3cccc(-c4ccccc4)c3)nc(C3=CCC(c4cccc5ccccc45)C=C3)n2)c1. The van der Waals surface area contributed by atoms with Gasteiger partial charge in [-0.25, -0.2) is 9.97 Å². The van der Waals surface area contributed by atoms with Gasteiger partial charge in [-0.15, -0.1) is 0 Å². The molecule has 0 saturated carbocycles. The summed E-state index contributed by atoms with van der Waals surface area (Å²) in [4.78, 5) is 10.4. The van der Waals surface area contributed by atoms with E-state index in [0.717, 1.165) is 57.0 Å². The lowest BCUT2D eigenvalue weighted by atomic mass is 9.87. The zero-order chi connectivity index (χ0) is 32.0. The first-order valence-electron chi connectivity index (χ1n) is 16.2. The molecule has 2 heteroatoms. The number of fused-ring (bicyclic) bond motifs is 1. The highest BCUT2D eigenvalue weighted by Crippen LogP contribution is 2.36. The van der Waals surface area contributed by atoms with Crippen molar-refractivity contribution in [3.05, 3.63) is 193 Å². The normalized spacial score (nSPS) is 14.8. The van der Waals surface area contributed by atoms with Crippen LogP contribution in [-0.4, -0.2) is 9.97 Å². The average Bonchev–Trinajstić information content (AvgIpc) is 3.15. The average molecular weight is 605 g/mol. The first kappa shape index (κ1) is 29.8. The van der Waals surface area contributed by atoms with Gasteiger partial charge in [-0.1, -0.05) is 158 Å². The monoisotopic (exact) mass is 604 g/mol. The molecule has 0 radical (unpaired) electrons. The summed E-state index contributed by atoms with van der Waals surface area (Å²) in [7, 11) is 0. The number of hydrogen-bond acceptors (Lipinski definition) is 2. The molecule has 0 amide bonds. The maximum absolute atomic E-state index is 5.18. The van der Waals surface area contributed by atoms with Gasteiger partial charge in [0.05, 0.1) is 11.4 Å². The lowest BCUT2D eigenvalue weighted by molar-refractivity contribution is 0.862. The second kappa shape index (κ2) is 13.6. The fourth-order valence-electron chi connectivity index (χ4n) is 6.29. The number of allylic oxidation sites excluding steroid dienone is 9. The van der Waals surface area contributed by atoms with Crippen molar-refractivity contribution in [1.29, 1.82) is 0 Å². The molecule has 0 spiro atoms. The lowest BCUT2D eigenvalue weighted by Gasteiger charge is -2.19. The number of aromatic nitrogens is 2. The highest BCUT2D eigenvalue weighted by molar-refractivity contribution is 5.87. The highest BCUT2D eigenvalue weighted by atomic mass is 14.9. The van der Waals surface area contributed by atoms with Crippen molar-refractivity contribution in [1.82, 2.24) is 9.97 Å². The van der Waals surface area contributed by atoms with Crippen molar-refractivity contribution >= 4 is 21.9 Å². The smallest absolute Gasteiger partial charge is 0.160 e. The molecule has 0 saturated heterocycles. The van der Waals surface area contributed by atoms with E-state index in [4.69, 9.17) is 9.97 Å². The third-order valence-electron chi connectivity index (χ3n) is 8.75. The van der Waals surface area contributed by atoms with Crippen LogP contribution in [0.3, 0.4) is 0 Å². The minimum absolute atomic E-state index is 0.299. The molecule has 226 valence electrons. The fourth-order valence-corrected chi connectivity index (χ4v) is 6.29. The number of nitrogens with zero attached hydrogens (tertiary/aromatic N) is 2. The molecule has 7 rings (SSSR count). The van der Waals surface area contributed by atoms with Gasteiger partial charge >= 0.3 is 0 Å². The van der Waals surface area contributed by atoms with Crippen LogP contribution in [0.25, 0.3) is 55.6 Å². The molecule has 0 fully saturated rings. The Kier molecular flexibility index (Phi) is 8.66. The molecule has 1 aromatic heterocycles. The van der Waals surface area contributed by atoms with Crippen LogP contribution in [0.2, 0.25) is 0 Å². The summed E-state index contributed by atoms with van der Waals surface area (Å²) < 4.78 is 0. The van der Waals surface area contributed by atoms with Crippen molar-refractivity contribution in [3.8, 4) is 33.6 Å². The molecular formula is C45H36N2. The minimum Gasteiger partial charge on any atom is -0.228 e. The van der Waals surface area contributed by atoms with E-state index in [1.807, 2.05) is 31.2 Å². The largest absolute Gasteiger partial charge is 0.228 e. The van der Waals surface area contributed by atoms with E-state index in [1.165, 1.54) is 21.9 Å². The third kappa shape index (κ3) is 6.45. The Labute approximate surface area is 277 Å². The second-order valence-corrected chi connectivity index (χ2v) is 11.8. The molecule has 1 atom stereocenters. The van der Waals surface area contributed by atoms with Crippen LogP contribution in [0, 0.1) is 0 Å². The molecule has 0 N–H and O–H groups in total. The summed E-state index contributed by atoms with van der Waals surface area (Å²) in [5.41, 5.74) is 10.8. The molecule has 6 aromatic rings. The van der Waals surface area contributed by atoms with E-state index in [1.54, 1.807) is 0 Å². The van der Waals surface area contributed by atoms with Crippen molar-refractivity contribution in [2.24, 2.45) is 0 Å². The van der Waals surface area contributed by atoms with E-state index >= 15 is 0 Å². The molecular weight excluding hydrogens is 569 g/mol. The Balaban J connectivity index is 1.30. The summed E-state index contributed by atoms with van der Waals surface area (Å²) in [5.74, 6) is 1.03. The maximum atomic E-state index is 5.18. The molecule has 2 nitrogen and oxygen atoms in total. The van der Waals surface area contributed by atoms with Crippen LogP contribution in [0.15, 0.2) is 177 Å². The molecule has 1 heterocycles. The van der Waals surface area contributed by atoms with E-state index in [2.05, 4.69) is 152 Å². The second-order valence-electron chi connectivity index (χ2n) is 11.8. The van der Waals surface area contributed by atoms with Gasteiger partial charge in [-0.3, -0.25) is 0 Å². The summed E-state index contributed by atoms with van der Waals surface area (Å²) >= 11 is 0. The van der Waals surface area contributed by atoms with E-state index in [0.29, 0.717) is 5.92 Å². The van der Waals surface area contributed by atoms with Gasteiger partial charge in [-0.2, -0.15) is 0 Å². The Hall–Kier alpha value is -5.86. The van der Waals surface area contributed by atoms with Gasteiger partial charge in [0.1, 0.15) is 0 Å². The van der Waals surface area contributed by atoms with E-state index < -0.39 is 0 Å². The summed E-state index contributed by atoms with van der Waals surface area (Å²) in [5, 5.41) is 2.58. The summed E-state index contributed by atoms with van der Waals surface area (Å²) in [6, 6.07) is 45.0. The van der Waals surface area contributed by atoms with Crippen LogP contribution >= 0.6 is 0 Å². The first-order valence-corrected chi connectivity index (χ1v) is 16.2. The van der Waals surface area contributed by atoms with E-state index in [9.17, 15) is 0 Å². The lowest BCUT2D eigenvalue weighted by Crippen LogP contribution is -2.03. The van der Waals surface area contributed by atoms with Crippen molar-refractivity contribution < 1.29 is 0 Å². The van der Waals surface area contributed by atoms with Crippen LogP contribution in [0.5, 0.6) is 0 Å².